The van der Waals surface area contributed by atoms with Crippen LogP contribution in [0.5, 0.6) is 0 Å². The maximum Gasteiger partial charge on any atom is 0.435 e. The quantitative estimate of drug-likeness (QED) is 0.827. The lowest BCUT2D eigenvalue weighted by atomic mass is 9.95. The molecule has 0 saturated carbocycles. The van der Waals surface area contributed by atoms with E-state index in [1.54, 1.807) is 20.8 Å². The highest BCUT2D eigenvalue weighted by atomic mass is 19.4. The van der Waals surface area contributed by atoms with Crippen molar-refractivity contribution in [2.24, 2.45) is 5.41 Å². The van der Waals surface area contributed by atoms with Gasteiger partial charge in [0.2, 0.25) is 5.91 Å². The van der Waals surface area contributed by atoms with Crippen LogP contribution in [0.15, 0.2) is 18.3 Å². The minimum absolute atomic E-state index is 0.320. The van der Waals surface area contributed by atoms with Gasteiger partial charge in [0, 0.05) is 11.6 Å². The van der Waals surface area contributed by atoms with Crippen molar-refractivity contribution in [2.45, 2.75) is 26.9 Å². The number of alkyl halides is 3. The monoisotopic (exact) mass is 246 g/mol. The second-order valence-corrected chi connectivity index (χ2v) is 4.60. The summed E-state index contributed by atoms with van der Waals surface area (Å²) in [6, 6.07) is 2.52. The zero-order valence-corrected chi connectivity index (χ0v) is 9.72. The third-order valence-corrected chi connectivity index (χ3v) is 2.01. The second-order valence-electron chi connectivity index (χ2n) is 4.60. The Labute approximate surface area is 97.0 Å². The number of carbonyl (C=O) groups excluding carboxylic acids is 1. The summed E-state index contributed by atoms with van der Waals surface area (Å²) in [5, 5.41) is 2.24. The van der Waals surface area contributed by atoms with Crippen molar-refractivity contribution in [3.63, 3.8) is 0 Å². The van der Waals surface area contributed by atoms with E-state index in [9.17, 15) is 18.0 Å². The Morgan fingerprint density at radius 2 is 1.88 bits per heavy atom. The molecule has 3 nitrogen and oxygen atoms in total. The minimum Gasteiger partial charge on any atom is -0.324 e. The van der Waals surface area contributed by atoms with Crippen LogP contribution in [0.3, 0.4) is 0 Å². The third kappa shape index (κ3) is 3.44. The van der Waals surface area contributed by atoms with Gasteiger partial charge in [-0.15, -0.1) is 0 Å². The van der Waals surface area contributed by atoms with Gasteiger partial charge in [-0.05, 0) is 12.1 Å². The number of hydrogen-bond donors (Lipinski definition) is 1. The van der Waals surface area contributed by atoms with Gasteiger partial charge >= 0.3 is 6.18 Å². The Hall–Kier alpha value is -1.59. The van der Waals surface area contributed by atoms with Crippen LogP contribution < -0.4 is 5.32 Å². The molecule has 0 fully saturated rings. The van der Waals surface area contributed by atoms with Crippen molar-refractivity contribution in [2.75, 3.05) is 5.32 Å². The molecule has 1 aromatic rings. The van der Waals surface area contributed by atoms with E-state index in [4.69, 9.17) is 0 Å². The highest BCUT2D eigenvalue weighted by molar-refractivity contribution is 5.95. The second kappa shape index (κ2) is 4.35. The van der Waals surface area contributed by atoms with E-state index in [0.29, 0.717) is 0 Å². The average molecular weight is 246 g/mol. The molecule has 0 aliphatic heterocycles. The fourth-order valence-electron chi connectivity index (χ4n) is 1.04. The van der Waals surface area contributed by atoms with Crippen LogP contribution in [0.1, 0.15) is 26.5 Å². The molecule has 0 spiro atoms. The number of nitrogens with zero attached hydrogens (tertiary/aromatic N) is 1. The fraction of sp³-hybridized carbons (Fsp3) is 0.455. The van der Waals surface area contributed by atoms with E-state index in [1.807, 2.05) is 0 Å². The molecule has 17 heavy (non-hydrogen) atoms. The van der Waals surface area contributed by atoms with Crippen molar-refractivity contribution in [1.29, 1.82) is 0 Å². The molecular weight excluding hydrogens is 233 g/mol. The van der Waals surface area contributed by atoms with Gasteiger partial charge in [0.15, 0.2) is 5.69 Å². The largest absolute Gasteiger partial charge is 0.435 e. The number of halogens is 3. The summed E-state index contributed by atoms with van der Waals surface area (Å²) in [7, 11) is 0. The lowest BCUT2D eigenvalue weighted by Gasteiger charge is -2.19. The van der Waals surface area contributed by atoms with E-state index in [0.717, 1.165) is 6.20 Å². The number of pyridine rings is 1. The van der Waals surface area contributed by atoms with Crippen LogP contribution >= 0.6 is 0 Å². The number of anilines is 1. The highest BCUT2D eigenvalue weighted by Crippen LogP contribution is 2.33. The van der Waals surface area contributed by atoms with Crippen molar-refractivity contribution in [3.8, 4) is 0 Å². The van der Waals surface area contributed by atoms with E-state index >= 15 is 0 Å². The molecule has 0 unspecified atom stereocenters. The highest BCUT2D eigenvalue weighted by Gasteiger charge is 2.36. The van der Waals surface area contributed by atoms with Crippen molar-refractivity contribution >= 4 is 11.6 Å². The predicted octanol–water partition coefficient (Wildman–Crippen LogP) is 3.09. The van der Waals surface area contributed by atoms with Crippen LogP contribution in [0, 0.1) is 5.41 Å². The smallest absolute Gasteiger partial charge is 0.324 e. The van der Waals surface area contributed by atoms with E-state index in [1.165, 1.54) is 12.1 Å². The molecule has 0 aliphatic carbocycles. The van der Waals surface area contributed by atoms with Crippen LogP contribution in [-0.4, -0.2) is 10.9 Å². The number of aromatic nitrogens is 1. The van der Waals surface area contributed by atoms with Crippen LogP contribution in [0.4, 0.5) is 18.9 Å². The number of rotatable bonds is 1. The molecular formula is C11H13F3N2O. The molecule has 1 rings (SSSR count). The standard InChI is InChI=1S/C11H13F3N2O/c1-10(2,3)9(17)16-7-5-4-6-15-8(7)11(12,13)14/h4-6H,1-3H3,(H,16,17). The van der Waals surface area contributed by atoms with Crippen molar-refractivity contribution < 1.29 is 18.0 Å². The maximum absolute atomic E-state index is 12.6. The lowest BCUT2D eigenvalue weighted by Crippen LogP contribution is -2.29. The average Bonchev–Trinajstić information content (AvgIpc) is 2.15. The molecule has 6 heteroatoms. The zero-order chi connectivity index (χ0) is 13.3. The summed E-state index contributed by atoms with van der Waals surface area (Å²) >= 11 is 0. The molecule has 1 amide bonds. The summed E-state index contributed by atoms with van der Waals surface area (Å²) in [4.78, 5) is 14.9. The molecule has 0 radical (unpaired) electrons. The Bertz CT molecular complexity index is 421. The predicted molar refractivity (Wildman–Crippen MR) is 57.3 cm³/mol. The van der Waals surface area contributed by atoms with E-state index in [-0.39, 0.29) is 5.69 Å². The van der Waals surface area contributed by atoms with Crippen LogP contribution in [-0.2, 0) is 11.0 Å². The zero-order valence-electron chi connectivity index (χ0n) is 9.72. The summed E-state index contributed by atoms with van der Waals surface area (Å²) < 4.78 is 37.7. The molecule has 94 valence electrons. The molecule has 0 aliphatic rings. The summed E-state index contributed by atoms with van der Waals surface area (Å²) in [6.45, 7) is 4.85. The molecule has 1 heterocycles. The summed E-state index contributed by atoms with van der Waals surface area (Å²) in [5.41, 5.74) is -2.17. The first kappa shape index (κ1) is 13.5. The normalized spacial score (nSPS) is 12.4. The molecule has 1 aromatic heterocycles. The Kier molecular flexibility index (Phi) is 3.45. The minimum atomic E-state index is -4.58. The Balaban J connectivity index is 3.04. The molecule has 1 N–H and O–H groups in total. The topological polar surface area (TPSA) is 42.0 Å². The lowest BCUT2D eigenvalue weighted by molar-refractivity contribution is -0.140. The maximum atomic E-state index is 12.6. The van der Waals surface area contributed by atoms with Crippen LogP contribution in [0.2, 0.25) is 0 Å². The van der Waals surface area contributed by atoms with Crippen molar-refractivity contribution in [1.82, 2.24) is 4.98 Å². The van der Waals surface area contributed by atoms with Gasteiger partial charge in [-0.1, -0.05) is 20.8 Å². The Morgan fingerprint density at radius 1 is 1.29 bits per heavy atom. The van der Waals surface area contributed by atoms with Gasteiger partial charge in [-0.2, -0.15) is 13.2 Å². The molecule has 0 saturated heterocycles. The van der Waals surface area contributed by atoms with Gasteiger partial charge in [-0.25, -0.2) is 4.98 Å². The number of amides is 1. The summed E-state index contributed by atoms with van der Waals surface area (Å²) in [6.07, 6.45) is -3.54. The van der Waals surface area contributed by atoms with Gasteiger partial charge in [-0.3, -0.25) is 4.79 Å². The van der Waals surface area contributed by atoms with Crippen LogP contribution in [0.25, 0.3) is 0 Å². The first-order chi connectivity index (χ1) is 7.62. The van der Waals surface area contributed by atoms with Gasteiger partial charge in [0.05, 0.1) is 5.69 Å². The SMILES string of the molecule is CC(C)(C)C(=O)Nc1cccnc1C(F)(F)F. The van der Waals surface area contributed by atoms with Gasteiger partial charge < -0.3 is 5.32 Å². The molecule has 0 bridgehead atoms. The van der Waals surface area contributed by atoms with Gasteiger partial charge in [0.25, 0.3) is 0 Å². The number of hydrogen-bond acceptors (Lipinski definition) is 2. The number of nitrogens with one attached hydrogen (secondary N) is 1. The third-order valence-electron chi connectivity index (χ3n) is 2.01. The van der Waals surface area contributed by atoms with Crippen molar-refractivity contribution in [3.05, 3.63) is 24.0 Å². The van der Waals surface area contributed by atoms with E-state index < -0.39 is 23.2 Å². The number of carbonyl (C=O) groups is 1. The Morgan fingerprint density at radius 3 is 2.35 bits per heavy atom. The fourth-order valence-corrected chi connectivity index (χ4v) is 1.04. The van der Waals surface area contributed by atoms with Gasteiger partial charge in [0.1, 0.15) is 0 Å². The molecule has 0 aromatic carbocycles. The summed E-state index contributed by atoms with van der Waals surface area (Å²) in [5.74, 6) is -0.490. The first-order valence-corrected chi connectivity index (χ1v) is 4.96. The molecule has 0 atom stereocenters. The first-order valence-electron chi connectivity index (χ1n) is 4.96. The van der Waals surface area contributed by atoms with E-state index in [2.05, 4.69) is 10.3 Å².